The molecule has 0 spiro atoms. The van der Waals surface area contributed by atoms with E-state index < -0.39 is 15.6 Å². The minimum absolute atomic E-state index is 0.151. The SMILES string of the molecule is COC(CN1CCC(C=NO)CC1)S(=O)(=O)O. The number of hydrogen-bond donors (Lipinski definition) is 2. The van der Waals surface area contributed by atoms with Crippen LogP contribution in [0.5, 0.6) is 0 Å². The van der Waals surface area contributed by atoms with E-state index in [1.54, 1.807) is 0 Å². The Kier molecular flexibility index (Phi) is 5.31. The molecule has 0 radical (unpaired) electrons. The molecule has 1 rings (SSSR count). The summed E-state index contributed by atoms with van der Waals surface area (Å²) in [5.41, 5.74) is -1.20. The Morgan fingerprint density at radius 2 is 2.12 bits per heavy atom. The van der Waals surface area contributed by atoms with Crippen LogP contribution in [0.2, 0.25) is 0 Å². The number of likely N-dealkylation sites (tertiary alicyclic amines) is 1. The van der Waals surface area contributed by atoms with Gasteiger partial charge in [0.2, 0.25) is 0 Å². The first-order chi connectivity index (χ1) is 7.97. The Labute approximate surface area is 101 Å². The molecule has 1 unspecified atom stereocenters. The van der Waals surface area contributed by atoms with Gasteiger partial charge in [0.15, 0.2) is 5.44 Å². The summed E-state index contributed by atoms with van der Waals surface area (Å²) < 4.78 is 35.6. The third kappa shape index (κ3) is 4.58. The van der Waals surface area contributed by atoms with Crippen molar-refractivity contribution in [3.8, 4) is 0 Å². The Bertz CT molecular complexity index is 348. The Balaban J connectivity index is 2.44. The van der Waals surface area contributed by atoms with Crippen LogP contribution in [0.25, 0.3) is 0 Å². The third-order valence-electron chi connectivity index (χ3n) is 2.91. The van der Waals surface area contributed by atoms with Gasteiger partial charge in [-0.2, -0.15) is 8.42 Å². The van der Waals surface area contributed by atoms with Crippen LogP contribution in [-0.4, -0.2) is 61.5 Å². The second-order valence-corrected chi connectivity index (χ2v) is 5.64. The molecule has 0 aromatic carbocycles. The van der Waals surface area contributed by atoms with Gasteiger partial charge >= 0.3 is 0 Å². The topological polar surface area (TPSA) is 99.4 Å². The third-order valence-corrected chi connectivity index (χ3v) is 3.92. The van der Waals surface area contributed by atoms with Crippen LogP contribution >= 0.6 is 0 Å². The van der Waals surface area contributed by atoms with Gasteiger partial charge in [-0.25, -0.2) is 0 Å². The highest BCUT2D eigenvalue weighted by Gasteiger charge is 2.27. The van der Waals surface area contributed by atoms with Crippen LogP contribution in [0.3, 0.4) is 0 Å². The molecule has 100 valence electrons. The van der Waals surface area contributed by atoms with E-state index in [1.165, 1.54) is 13.3 Å². The zero-order valence-electron chi connectivity index (χ0n) is 9.69. The van der Waals surface area contributed by atoms with Crippen molar-refractivity contribution in [3.05, 3.63) is 0 Å². The van der Waals surface area contributed by atoms with Gasteiger partial charge in [-0.1, -0.05) is 0 Å². The number of piperidine rings is 1. The summed E-state index contributed by atoms with van der Waals surface area (Å²) in [4.78, 5) is 1.91. The summed E-state index contributed by atoms with van der Waals surface area (Å²) in [5, 5.41) is 11.4. The summed E-state index contributed by atoms with van der Waals surface area (Å²) >= 11 is 0. The van der Waals surface area contributed by atoms with Gasteiger partial charge in [0, 0.05) is 19.9 Å². The Morgan fingerprint density at radius 3 is 2.53 bits per heavy atom. The Hall–Kier alpha value is -0.700. The molecule has 0 bridgehead atoms. The first-order valence-electron chi connectivity index (χ1n) is 5.36. The molecule has 0 saturated carbocycles. The summed E-state index contributed by atoms with van der Waals surface area (Å²) in [6.07, 6.45) is 3.09. The highest BCUT2D eigenvalue weighted by Crippen LogP contribution is 2.16. The molecule has 7 nitrogen and oxygen atoms in total. The minimum atomic E-state index is -4.17. The number of rotatable bonds is 5. The fraction of sp³-hybridized carbons (Fsp3) is 0.889. The van der Waals surface area contributed by atoms with Crippen molar-refractivity contribution in [2.45, 2.75) is 18.3 Å². The minimum Gasteiger partial charge on any atom is -0.411 e. The smallest absolute Gasteiger partial charge is 0.293 e. The average Bonchev–Trinajstić information content (AvgIpc) is 2.27. The quantitative estimate of drug-likeness (QED) is 0.315. The van der Waals surface area contributed by atoms with Gasteiger partial charge in [-0.3, -0.25) is 9.45 Å². The lowest BCUT2D eigenvalue weighted by Crippen LogP contribution is -2.42. The molecular formula is C9H18N2O5S. The number of ether oxygens (including phenoxy) is 1. The van der Waals surface area contributed by atoms with Crippen LogP contribution in [0, 0.1) is 5.92 Å². The average molecular weight is 266 g/mol. The fourth-order valence-electron chi connectivity index (χ4n) is 1.88. The van der Waals surface area contributed by atoms with Crippen molar-refractivity contribution in [2.24, 2.45) is 11.1 Å². The summed E-state index contributed by atoms with van der Waals surface area (Å²) in [5.74, 6) is 0.225. The molecule has 1 fully saturated rings. The van der Waals surface area contributed by atoms with E-state index in [4.69, 9.17) is 14.5 Å². The molecule has 1 atom stereocenters. The maximum atomic E-state index is 11.0. The van der Waals surface area contributed by atoms with Gasteiger partial charge in [0.25, 0.3) is 10.1 Å². The number of hydrogen-bond acceptors (Lipinski definition) is 6. The van der Waals surface area contributed by atoms with E-state index >= 15 is 0 Å². The van der Waals surface area contributed by atoms with Crippen molar-refractivity contribution in [1.29, 1.82) is 0 Å². The zero-order chi connectivity index (χ0) is 12.9. The maximum Gasteiger partial charge on any atom is 0.293 e. The lowest BCUT2D eigenvalue weighted by molar-refractivity contribution is 0.0966. The van der Waals surface area contributed by atoms with E-state index in [2.05, 4.69) is 5.16 Å². The van der Waals surface area contributed by atoms with Crippen LogP contribution < -0.4 is 0 Å². The van der Waals surface area contributed by atoms with E-state index in [-0.39, 0.29) is 12.5 Å². The molecule has 0 aromatic heterocycles. The van der Waals surface area contributed by atoms with E-state index in [0.717, 1.165) is 12.8 Å². The van der Waals surface area contributed by atoms with E-state index in [0.29, 0.717) is 13.1 Å². The standard InChI is InChI=1S/C9H18N2O5S/c1-16-9(17(13,14)15)7-11-4-2-8(3-5-11)6-10-12/h6,8-9,12H,2-5,7H2,1H3,(H,13,14,15). The van der Waals surface area contributed by atoms with Crippen molar-refractivity contribution >= 4 is 16.3 Å². The lowest BCUT2D eigenvalue weighted by atomic mass is 9.98. The van der Waals surface area contributed by atoms with Crippen molar-refractivity contribution in [2.75, 3.05) is 26.7 Å². The van der Waals surface area contributed by atoms with Gasteiger partial charge < -0.3 is 9.94 Å². The van der Waals surface area contributed by atoms with Crippen LogP contribution in [-0.2, 0) is 14.9 Å². The number of oxime groups is 1. The van der Waals surface area contributed by atoms with Crippen molar-refractivity contribution in [3.63, 3.8) is 0 Å². The summed E-state index contributed by atoms with van der Waals surface area (Å²) in [7, 11) is -2.91. The molecule has 1 saturated heterocycles. The van der Waals surface area contributed by atoms with Crippen LogP contribution in [0.1, 0.15) is 12.8 Å². The number of nitrogens with zero attached hydrogens (tertiary/aromatic N) is 2. The van der Waals surface area contributed by atoms with Gasteiger partial charge in [-0.05, 0) is 31.8 Å². The van der Waals surface area contributed by atoms with Gasteiger partial charge in [-0.15, -0.1) is 5.16 Å². The molecule has 2 N–H and O–H groups in total. The van der Waals surface area contributed by atoms with Crippen molar-refractivity contribution in [1.82, 2.24) is 4.90 Å². The zero-order valence-corrected chi connectivity index (χ0v) is 10.5. The predicted molar refractivity (Wildman–Crippen MR) is 61.8 cm³/mol. The molecule has 1 aliphatic rings. The monoisotopic (exact) mass is 266 g/mol. The fourth-order valence-corrected chi connectivity index (χ4v) is 2.52. The molecule has 17 heavy (non-hydrogen) atoms. The second kappa shape index (κ2) is 6.29. The van der Waals surface area contributed by atoms with Gasteiger partial charge in [0.1, 0.15) is 0 Å². The lowest BCUT2D eigenvalue weighted by Gasteiger charge is -2.31. The first kappa shape index (κ1) is 14.4. The normalized spacial score (nSPS) is 22.0. The summed E-state index contributed by atoms with van der Waals surface area (Å²) in [6, 6.07) is 0. The predicted octanol–water partition coefficient (Wildman–Crippen LogP) is 0.0187. The first-order valence-corrected chi connectivity index (χ1v) is 6.86. The molecule has 0 aliphatic carbocycles. The molecule has 1 aliphatic heterocycles. The maximum absolute atomic E-state index is 11.0. The van der Waals surface area contributed by atoms with Crippen LogP contribution in [0.4, 0.5) is 0 Å². The summed E-state index contributed by atoms with van der Waals surface area (Å²) in [6.45, 7) is 1.52. The van der Waals surface area contributed by atoms with E-state index in [9.17, 15) is 8.42 Å². The highest BCUT2D eigenvalue weighted by atomic mass is 32.2. The molecule has 8 heteroatoms. The van der Waals surface area contributed by atoms with Crippen molar-refractivity contribution < 1.29 is 22.9 Å². The largest absolute Gasteiger partial charge is 0.411 e. The molecule has 0 aromatic rings. The Morgan fingerprint density at radius 1 is 1.53 bits per heavy atom. The van der Waals surface area contributed by atoms with Gasteiger partial charge in [0.05, 0.1) is 0 Å². The molecular weight excluding hydrogens is 248 g/mol. The number of methoxy groups -OCH3 is 1. The second-order valence-electron chi connectivity index (χ2n) is 4.08. The highest BCUT2D eigenvalue weighted by molar-refractivity contribution is 7.86. The van der Waals surface area contributed by atoms with E-state index in [1.807, 2.05) is 4.90 Å². The van der Waals surface area contributed by atoms with Crippen LogP contribution in [0.15, 0.2) is 5.16 Å². The molecule has 0 amide bonds. The molecule has 1 heterocycles.